The molecule has 0 atom stereocenters. The third-order valence-electron chi connectivity index (χ3n) is 3.54. The summed E-state index contributed by atoms with van der Waals surface area (Å²) in [6, 6.07) is 7.18. The molecule has 2 heterocycles. The van der Waals surface area contributed by atoms with E-state index in [1.54, 1.807) is 19.2 Å². The van der Waals surface area contributed by atoms with Crippen molar-refractivity contribution in [1.82, 2.24) is 10.3 Å². The van der Waals surface area contributed by atoms with Gasteiger partial charge in [0.1, 0.15) is 5.82 Å². The predicted molar refractivity (Wildman–Crippen MR) is 101 cm³/mol. The second-order valence-electron chi connectivity index (χ2n) is 5.62. The van der Waals surface area contributed by atoms with Crippen LogP contribution in [0.4, 0.5) is 9.39 Å². The van der Waals surface area contributed by atoms with Crippen LogP contribution in [0.15, 0.2) is 36.5 Å². The highest BCUT2D eigenvalue weighted by molar-refractivity contribution is 7.18. The Bertz CT molecular complexity index is 965. The Labute approximate surface area is 157 Å². The first-order chi connectivity index (χ1) is 12.4. The minimum absolute atomic E-state index is 0.204. The fourth-order valence-corrected chi connectivity index (χ4v) is 4.04. The first kappa shape index (κ1) is 18.2. The van der Waals surface area contributed by atoms with Crippen molar-refractivity contribution in [1.29, 1.82) is 0 Å². The molecular weight excluding hydrogens is 373 g/mol. The summed E-state index contributed by atoms with van der Waals surface area (Å²) in [7, 11) is 0. The topological polar surface area (TPSA) is 71.1 Å². The summed E-state index contributed by atoms with van der Waals surface area (Å²) in [5, 5.41) is 7.04. The molecule has 0 bridgehead atoms. The molecule has 134 valence electrons. The first-order valence-electron chi connectivity index (χ1n) is 7.79. The van der Waals surface area contributed by atoms with Crippen LogP contribution < -0.4 is 10.6 Å². The highest BCUT2D eigenvalue weighted by Gasteiger charge is 2.16. The van der Waals surface area contributed by atoms with Crippen molar-refractivity contribution in [3.05, 3.63) is 68.2 Å². The summed E-state index contributed by atoms with van der Waals surface area (Å²) in [5.74, 6) is -1.10. The fourth-order valence-electron chi connectivity index (χ4n) is 2.32. The Kier molecular flexibility index (Phi) is 5.43. The zero-order chi connectivity index (χ0) is 18.7. The van der Waals surface area contributed by atoms with Crippen LogP contribution >= 0.6 is 22.7 Å². The van der Waals surface area contributed by atoms with Crippen molar-refractivity contribution < 1.29 is 14.0 Å². The van der Waals surface area contributed by atoms with Gasteiger partial charge in [0, 0.05) is 16.6 Å². The van der Waals surface area contributed by atoms with E-state index in [1.807, 2.05) is 6.92 Å². The molecule has 1 aromatic carbocycles. The van der Waals surface area contributed by atoms with Gasteiger partial charge in [-0.05, 0) is 43.7 Å². The zero-order valence-electron chi connectivity index (χ0n) is 14.1. The normalized spacial score (nSPS) is 10.6. The molecule has 0 aliphatic heterocycles. The highest BCUT2D eigenvalue weighted by atomic mass is 32.1. The van der Waals surface area contributed by atoms with Crippen LogP contribution in [0.2, 0.25) is 0 Å². The van der Waals surface area contributed by atoms with Gasteiger partial charge >= 0.3 is 0 Å². The van der Waals surface area contributed by atoms with Gasteiger partial charge in [-0.25, -0.2) is 9.37 Å². The minimum Gasteiger partial charge on any atom is -0.346 e. The Morgan fingerprint density at radius 1 is 1.15 bits per heavy atom. The van der Waals surface area contributed by atoms with E-state index in [2.05, 4.69) is 15.6 Å². The van der Waals surface area contributed by atoms with Crippen molar-refractivity contribution in [3.63, 3.8) is 0 Å². The van der Waals surface area contributed by atoms with E-state index in [9.17, 15) is 14.0 Å². The van der Waals surface area contributed by atoms with Crippen molar-refractivity contribution in [2.45, 2.75) is 20.4 Å². The lowest BCUT2D eigenvalue weighted by Crippen LogP contribution is -2.21. The Morgan fingerprint density at radius 3 is 2.65 bits per heavy atom. The maximum Gasteiger partial charge on any atom is 0.261 e. The summed E-state index contributed by atoms with van der Waals surface area (Å²) in [4.78, 5) is 30.2. The summed E-state index contributed by atoms with van der Waals surface area (Å²) in [6.07, 6.45) is 1.74. The Hall–Kier alpha value is -2.58. The number of thiazole rings is 1. The van der Waals surface area contributed by atoms with Gasteiger partial charge in [-0.2, -0.15) is 0 Å². The van der Waals surface area contributed by atoms with Crippen molar-refractivity contribution in [2.24, 2.45) is 0 Å². The van der Waals surface area contributed by atoms with Crippen molar-refractivity contribution in [2.75, 3.05) is 5.32 Å². The van der Waals surface area contributed by atoms with Crippen LogP contribution in [0.1, 0.15) is 35.5 Å². The Balaban J connectivity index is 1.66. The van der Waals surface area contributed by atoms with E-state index >= 15 is 0 Å². The van der Waals surface area contributed by atoms with Crippen LogP contribution in [-0.4, -0.2) is 16.8 Å². The summed E-state index contributed by atoms with van der Waals surface area (Å²) in [6.45, 7) is 4.12. The highest BCUT2D eigenvalue weighted by Crippen LogP contribution is 2.27. The number of benzene rings is 1. The number of rotatable bonds is 5. The number of halogens is 1. The minimum atomic E-state index is -0.474. The standard InChI is InChI=1S/C18H16FN3O2S2/c1-10-6-15(22-17(23)12-4-3-5-13(19)7-12)26-16(10)18(24)21-9-14-8-20-11(2)25-14/h3-8H,9H2,1-2H3,(H,21,24)(H,22,23). The number of anilines is 1. The van der Waals surface area contributed by atoms with E-state index in [4.69, 9.17) is 0 Å². The molecule has 3 aromatic rings. The third kappa shape index (κ3) is 4.33. The molecule has 0 saturated carbocycles. The summed E-state index contributed by atoms with van der Waals surface area (Å²) >= 11 is 2.72. The molecule has 0 aliphatic rings. The number of amides is 2. The molecule has 3 rings (SSSR count). The lowest BCUT2D eigenvalue weighted by molar-refractivity contribution is 0.0953. The second-order valence-corrected chi connectivity index (χ2v) is 7.99. The first-order valence-corrected chi connectivity index (χ1v) is 9.42. The van der Waals surface area contributed by atoms with Gasteiger partial charge in [0.05, 0.1) is 21.4 Å². The quantitative estimate of drug-likeness (QED) is 0.689. The number of thiophene rings is 1. The number of aromatic nitrogens is 1. The predicted octanol–water partition coefficient (Wildman–Crippen LogP) is 4.14. The van der Waals surface area contributed by atoms with E-state index in [1.165, 1.54) is 46.9 Å². The van der Waals surface area contributed by atoms with Gasteiger partial charge in [-0.1, -0.05) is 6.07 Å². The van der Waals surface area contributed by atoms with E-state index in [0.717, 1.165) is 15.4 Å². The molecule has 0 spiro atoms. The maximum atomic E-state index is 13.2. The number of hydrogen-bond acceptors (Lipinski definition) is 5. The molecule has 2 N–H and O–H groups in total. The monoisotopic (exact) mass is 389 g/mol. The van der Waals surface area contributed by atoms with E-state index in [0.29, 0.717) is 16.4 Å². The second kappa shape index (κ2) is 7.76. The van der Waals surface area contributed by atoms with Crippen molar-refractivity contribution in [3.8, 4) is 0 Å². The van der Waals surface area contributed by atoms with Gasteiger partial charge in [0.2, 0.25) is 0 Å². The summed E-state index contributed by atoms with van der Waals surface area (Å²) in [5.41, 5.74) is 0.991. The summed E-state index contributed by atoms with van der Waals surface area (Å²) < 4.78 is 13.2. The number of hydrogen-bond donors (Lipinski definition) is 2. The molecular formula is C18H16FN3O2S2. The molecule has 8 heteroatoms. The molecule has 5 nitrogen and oxygen atoms in total. The van der Waals surface area contributed by atoms with Crippen LogP contribution in [0.25, 0.3) is 0 Å². The number of carbonyl (C=O) groups is 2. The Morgan fingerprint density at radius 2 is 1.96 bits per heavy atom. The smallest absolute Gasteiger partial charge is 0.261 e. The van der Waals surface area contributed by atoms with Crippen LogP contribution in [0.3, 0.4) is 0 Å². The van der Waals surface area contributed by atoms with Crippen molar-refractivity contribution >= 4 is 39.5 Å². The molecule has 0 saturated heterocycles. The van der Waals surface area contributed by atoms with Gasteiger partial charge in [0.25, 0.3) is 11.8 Å². The van der Waals surface area contributed by atoms with Crippen LogP contribution in [-0.2, 0) is 6.54 Å². The van der Waals surface area contributed by atoms with Gasteiger partial charge in [0.15, 0.2) is 0 Å². The molecule has 0 unspecified atom stereocenters. The zero-order valence-corrected chi connectivity index (χ0v) is 15.8. The lowest BCUT2D eigenvalue weighted by Gasteiger charge is -2.03. The largest absolute Gasteiger partial charge is 0.346 e. The van der Waals surface area contributed by atoms with E-state index in [-0.39, 0.29) is 11.5 Å². The average molecular weight is 389 g/mol. The number of nitrogens with one attached hydrogen (secondary N) is 2. The van der Waals surface area contributed by atoms with Gasteiger partial charge in [-0.3, -0.25) is 9.59 Å². The van der Waals surface area contributed by atoms with E-state index < -0.39 is 11.7 Å². The van der Waals surface area contributed by atoms with Gasteiger partial charge in [-0.15, -0.1) is 22.7 Å². The number of nitrogens with zero attached hydrogens (tertiary/aromatic N) is 1. The molecule has 0 radical (unpaired) electrons. The average Bonchev–Trinajstić information content (AvgIpc) is 3.18. The SMILES string of the molecule is Cc1ncc(CNC(=O)c2sc(NC(=O)c3cccc(F)c3)cc2C)s1. The maximum absolute atomic E-state index is 13.2. The lowest BCUT2D eigenvalue weighted by atomic mass is 10.2. The molecule has 0 aliphatic carbocycles. The third-order valence-corrected chi connectivity index (χ3v) is 5.60. The number of carbonyl (C=O) groups excluding carboxylic acids is 2. The fraction of sp³-hybridized carbons (Fsp3) is 0.167. The molecule has 26 heavy (non-hydrogen) atoms. The van der Waals surface area contributed by atoms with Crippen LogP contribution in [0.5, 0.6) is 0 Å². The van der Waals surface area contributed by atoms with Gasteiger partial charge < -0.3 is 10.6 Å². The van der Waals surface area contributed by atoms with Crippen LogP contribution in [0, 0.1) is 19.7 Å². The number of aryl methyl sites for hydroxylation is 2. The molecule has 2 amide bonds. The molecule has 2 aromatic heterocycles. The molecule has 0 fully saturated rings.